The third-order valence-corrected chi connectivity index (χ3v) is 3.44. The van der Waals surface area contributed by atoms with Gasteiger partial charge in [0.15, 0.2) is 12.4 Å². The lowest BCUT2D eigenvalue weighted by Gasteiger charge is -2.09. The summed E-state index contributed by atoms with van der Waals surface area (Å²) in [7, 11) is 0. The Kier molecular flexibility index (Phi) is 3.69. The molecule has 3 rings (SSSR count). The smallest absolute Gasteiger partial charge is 0.264 e. The molecule has 1 N–H and O–H groups in total. The van der Waals surface area contributed by atoms with Crippen LogP contribution in [0.15, 0.2) is 28.8 Å². The van der Waals surface area contributed by atoms with Crippen LogP contribution >= 0.6 is 0 Å². The summed E-state index contributed by atoms with van der Waals surface area (Å²) < 4.78 is 10.7. The van der Waals surface area contributed by atoms with Gasteiger partial charge in [0.2, 0.25) is 0 Å². The Morgan fingerprint density at radius 3 is 2.75 bits per heavy atom. The molecule has 0 saturated heterocycles. The predicted octanol–water partition coefficient (Wildman–Crippen LogP) is 2.97. The number of benzene rings is 1. The molecule has 1 aromatic carbocycles. The second kappa shape index (κ2) is 5.63. The molecule has 0 aliphatic heterocycles. The van der Waals surface area contributed by atoms with Gasteiger partial charge >= 0.3 is 0 Å². The minimum absolute atomic E-state index is 0.273. The second-order valence-corrected chi connectivity index (χ2v) is 5.10. The summed E-state index contributed by atoms with van der Waals surface area (Å²) in [6, 6.07) is 7.42. The van der Waals surface area contributed by atoms with E-state index in [0.29, 0.717) is 18.2 Å². The fraction of sp³-hybridized carbons (Fsp3) is 0.467. The highest BCUT2D eigenvalue weighted by Crippen LogP contribution is 2.38. The normalized spacial score (nSPS) is 16.1. The molecule has 5 heteroatoms. The van der Waals surface area contributed by atoms with Crippen molar-refractivity contribution in [1.82, 2.24) is 10.1 Å². The van der Waals surface area contributed by atoms with Crippen LogP contribution in [-0.2, 0) is 6.61 Å². The van der Waals surface area contributed by atoms with Gasteiger partial charge in [-0.3, -0.25) is 0 Å². The van der Waals surface area contributed by atoms with E-state index >= 15 is 0 Å². The molecule has 0 bridgehead atoms. The summed E-state index contributed by atoms with van der Waals surface area (Å²) in [6.07, 6.45) is 2.59. The zero-order chi connectivity index (χ0) is 13.9. The van der Waals surface area contributed by atoms with Gasteiger partial charge in [0.25, 0.3) is 5.89 Å². The average Bonchev–Trinajstić information content (AvgIpc) is 3.24. The van der Waals surface area contributed by atoms with Gasteiger partial charge in [-0.2, -0.15) is 4.98 Å². The zero-order valence-corrected chi connectivity index (χ0v) is 11.5. The summed E-state index contributed by atoms with van der Waals surface area (Å²) in [5.41, 5.74) is 0.897. The molecule has 1 heterocycles. The van der Waals surface area contributed by atoms with E-state index in [1.165, 1.54) is 0 Å². The molecule has 0 amide bonds. The molecule has 5 nitrogen and oxygen atoms in total. The average molecular weight is 274 g/mol. The zero-order valence-electron chi connectivity index (χ0n) is 11.5. The molecule has 1 fully saturated rings. The Hall–Kier alpha value is -1.88. The van der Waals surface area contributed by atoms with Crippen molar-refractivity contribution in [3.63, 3.8) is 0 Å². The SMILES string of the molecule is CC[C@H](O)c1ccc(OCc2nc(C3CC3)no2)cc1. The molecule has 0 unspecified atom stereocenters. The van der Waals surface area contributed by atoms with Crippen LogP contribution in [0.3, 0.4) is 0 Å². The first-order valence-corrected chi connectivity index (χ1v) is 6.99. The molecule has 1 aliphatic rings. The minimum atomic E-state index is -0.416. The Morgan fingerprint density at radius 2 is 2.10 bits per heavy atom. The Labute approximate surface area is 117 Å². The highest BCUT2D eigenvalue weighted by molar-refractivity contribution is 5.28. The number of aliphatic hydroxyl groups is 1. The van der Waals surface area contributed by atoms with E-state index in [1.54, 1.807) is 0 Å². The van der Waals surface area contributed by atoms with Gasteiger partial charge in [-0.25, -0.2) is 0 Å². The van der Waals surface area contributed by atoms with E-state index in [-0.39, 0.29) is 6.61 Å². The van der Waals surface area contributed by atoms with Gasteiger partial charge in [0.05, 0.1) is 6.10 Å². The fourth-order valence-corrected chi connectivity index (χ4v) is 2.00. The van der Waals surface area contributed by atoms with Gasteiger partial charge in [-0.15, -0.1) is 0 Å². The number of hydrogen-bond acceptors (Lipinski definition) is 5. The first-order valence-electron chi connectivity index (χ1n) is 6.99. The molecule has 1 saturated carbocycles. The fourth-order valence-electron chi connectivity index (χ4n) is 2.00. The van der Waals surface area contributed by atoms with Crippen LogP contribution in [0.1, 0.15) is 55.5 Å². The van der Waals surface area contributed by atoms with Crippen molar-refractivity contribution in [3.05, 3.63) is 41.5 Å². The van der Waals surface area contributed by atoms with Gasteiger partial charge in [-0.1, -0.05) is 24.2 Å². The van der Waals surface area contributed by atoms with Crippen molar-refractivity contribution >= 4 is 0 Å². The quantitative estimate of drug-likeness (QED) is 0.877. The van der Waals surface area contributed by atoms with Crippen molar-refractivity contribution in [2.24, 2.45) is 0 Å². The lowest BCUT2D eigenvalue weighted by atomic mass is 10.1. The maximum atomic E-state index is 9.71. The first-order chi connectivity index (χ1) is 9.76. The van der Waals surface area contributed by atoms with Gasteiger partial charge < -0.3 is 14.4 Å². The van der Waals surface area contributed by atoms with Crippen LogP contribution < -0.4 is 4.74 Å². The third-order valence-electron chi connectivity index (χ3n) is 3.44. The molecular weight excluding hydrogens is 256 g/mol. The number of ether oxygens (including phenoxy) is 1. The molecule has 1 aromatic heterocycles. The standard InChI is InChI=1S/C15H18N2O3/c1-2-13(18)10-5-7-12(8-6-10)19-9-14-16-15(17-20-14)11-3-4-11/h5-8,11,13,18H,2-4,9H2,1H3/t13-/m0/s1. The molecular formula is C15H18N2O3. The van der Waals surface area contributed by atoms with E-state index in [9.17, 15) is 5.11 Å². The van der Waals surface area contributed by atoms with Crippen LogP contribution in [0.2, 0.25) is 0 Å². The Balaban J connectivity index is 1.57. The number of aromatic nitrogens is 2. The summed E-state index contributed by atoms with van der Waals surface area (Å²) in [5.74, 6) is 2.51. The van der Waals surface area contributed by atoms with Crippen LogP contribution in [-0.4, -0.2) is 15.2 Å². The highest BCUT2D eigenvalue weighted by atomic mass is 16.5. The van der Waals surface area contributed by atoms with Gasteiger partial charge in [0.1, 0.15) is 5.75 Å². The van der Waals surface area contributed by atoms with Crippen molar-refractivity contribution < 1.29 is 14.4 Å². The lowest BCUT2D eigenvalue weighted by Crippen LogP contribution is -1.98. The van der Waals surface area contributed by atoms with Gasteiger partial charge in [0, 0.05) is 5.92 Å². The Morgan fingerprint density at radius 1 is 1.35 bits per heavy atom. The Bertz CT molecular complexity index is 561. The number of aliphatic hydroxyl groups excluding tert-OH is 1. The van der Waals surface area contributed by atoms with E-state index in [1.807, 2.05) is 31.2 Å². The lowest BCUT2D eigenvalue weighted by molar-refractivity contribution is 0.173. The summed E-state index contributed by atoms with van der Waals surface area (Å²) in [5, 5.41) is 13.7. The van der Waals surface area contributed by atoms with E-state index in [4.69, 9.17) is 9.26 Å². The topological polar surface area (TPSA) is 68.4 Å². The highest BCUT2D eigenvalue weighted by Gasteiger charge is 2.28. The molecule has 0 radical (unpaired) electrons. The van der Waals surface area contributed by atoms with Crippen molar-refractivity contribution in [1.29, 1.82) is 0 Å². The van der Waals surface area contributed by atoms with Gasteiger partial charge in [-0.05, 0) is 37.0 Å². The van der Waals surface area contributed by atoms with Crippen molar-refractivity contribution in [2.45, 2.75) is 44.8 Å². The summed E-state index contributed by atoms with van der Waals surface area (Å²) in [6.45, 7) is 2.22. The van der Waals surface area contributed by atoms with E-state index in [2.05, 4.69) is 10.1 Å². The van der Waals surface area contributed by atoms with E-state index in [0.717, 1.165) is 30.0 Å². The van der Waals surface area contributed by atoms with Crippen LogP contribution in [0.4, 0.5) is 0 Å². The summed E-state index contributed by atoms with van der Waals surface area (Å²) in [4.78, 5) is 4.30. The second-order valence-electron chi connectivity index (χ2n) is 5.10. The molecule has 1 aliphatic carbocycles. The van der Waals surface area contributed by atoms with Crippen LogP contribution in [0.5, 0.6) is 5.75 Å². The largest absolute Gasteiger partial charge is 0.484 e. The number of nitrogens with zero attached hydrogens (tertiary/aromatic N) is 2. The summed E-state index contributed by atoms with van der Waals surface area (Å²) >= 11 is 0. The number of hydrogen-bond donors (Lipinski definition) is 1. The molecule has 0 spiro atoms. The van der Waals surface area contributed by atoms with Crippen LogP contribution in [0.25, 0.3) is 0 Å². The minimum Gasteiger partial charge on any atom is -0.484 e. The molecule has 2 aromatic rings. The first kappa shape index (κ1) is 13.1. The molecule has 106 valence electrons. The van der Waals surface area contributed by atoms with Crippen LogP contribution in [0, 0.1) is 0 Å². The maximum Gasteiger partial charge on any atom is 0.264 e. The molecule has 1 atom stereocenters. The monoisotopic (exact) mass is 274 g/mol. The van der Waals surface area contributed by atoms with Crippen molar-refractivity contribution in [3.8, 4) is 5.75 Å². The van der Waals surface area contributed by atoms with E-state index < -0.39 is 6.10 Å². The third kappa shape index (κ3) is 2.99. The number of rotatable bonds is 6. The maximum absolute atomic E-state index is 9.71. The van der Waals surface area contributed by atoms with Crippen molar-refractivity contribution in [2.75, 3.05) is 0 Å². The predicted molar refractivity (Wildman–Crippen MR) is 72.3 cm³/mol. The molecule has 20 heavy (non-hydrogen) atoms.